The first-order valence-electron chi connectivity index (χ1n) is 7.71. The number of rotatable bonds is 4. The van der Waals surface area contributed by atoms with Crippen LogP contribution in [0.4, 0.5) is 10.2 Å². The van der Waals surface area contributed by atoms with Crippen LogP contribution in [0, 0.1) is 5.82 Å². The van der Waals surface area contributed by atoms with Crippen LogP contribution in [0.5, 0.6) is 5.88 Å². The van der Waals surface area contributed by atoms with Gasteiger partial charge >= 0.3 is 0 Å². The first-order valence-corrected chi connectivity index (χ1v) is 7.71. The number of ether oxygens (including phenoxy) is 1. The van der Waals surface area contributed by atoms with Gasteiger partial charge in [-0.15, -0.1) is 0 Å². The topological polar surface area (TPSA) is 38.2 Å². The van der Waals surface area contributed by atoms with Crippen molar-refractivity contribution < 1.29 is 9.13 Å². The summed E-state index contributed by atoms with van der Waals surface area (Å²) in [4.78, 5) is 10.7. The maximum absolute atomic E-state index is 13.0. The smallest absolute Gasteiger partial charge is 0.218 e. The zero-order valence-electron chi connectivity index (χ0n) is 12.7. The summed E-state index contributed by atoms with van der Waals surface area (Å²) in [7, 11) is 0. The number of hydrogen-bond donors (Lipinski definition) is 0. The molecule has 0 N–H and O–H groups in total. The number of piperidine rings is 1. The van der Waals surface area contributed by atoms with Gasteiger partial charge in [-0.25, -0.2) is 14.4 Å². The predicted molar refractivity (Wildman–Crippen MR) is 83.8 cm³/mol. The lowest BCUT2D eigenvalue weighted by Crippen LogP contribution is -2.33. The minimum atomic E-state index is -0.175. The van der Waals surface area contributed by atoms with Gasteiger partial charge in [0, 0.05) is 19.2 Å². The number of benzene rings is 1. The Labute approximate surface area is 130 Å². The van der Waals surface area contributed by atoms with Crippen molar-refractivity contribution in [2.45, 2.75) is 25.7 Å². The summed E-state index contributed by atoms with van der Waals surface area (Å²) in [5, 5.41) is 0. The molecule has 0 atom stereocenters. The van der Waals surface area contributed by atoms with E-state index >= 15 is 0 Å². The van der Waals surface area contributed by atoms with E-state index in [1.807, 2.05) is 25.1 Å². The van der Waals surface area contributed by atoms with E-state index in [1.54, 1.807) is 18.5 Å². The Bertz CT molecular complexity index is 610. The average molecular weight is 301 g/mol. The van der Waals surface area contributed by atoms with E-state index in [0.29, 0.717) is 18.4 Å². The fourth-order valence-electron chi connectivity index (χ4n) is 2.91. The predicted octanol–water partition coefficient (Wildman–Crippen LogP) is 3.40. The van der Waals surface area contributed by atoms with E-state index < -0.39 is 0 Å². The Morgan fingerprint density at radius 1 is 1.18 bits per heavy atom. The van der Waals surface area contributed by atoms with Gasteiger partial charge in [-0.05, 0) is 43.4 Å². The first kappa shape index (κ1) is 14.8. The quantitative estimate of drug-likeness (QED) is 0.867. The van der Waals surface area contributed by atoms with Crippen molar-refractivity contribution in [1.29, 1.82) is 0 Å². The molecule has 0 unspecified atom stereocenters. The highest BCUT2D eigenvalue weighted by molar-refractivity contribution is 5.41. The number of halogens is 1. The van der Waals surface area contributed by atoms with Gasteiger partial charge in [0.1, 0.15) is 18.0 Å². The Hall–Kier alpha value is -2.17. The SMILES string of the molecule is CCOc1cc(N2CCC(c3ccc(F)cc3)CC2)ncn1. The first-order chi connectivity index (χ1) is 10.8. The zero-order chi connectivity index (χ0) is 15.4. The fourth-order valence-corrected chi connectivity index (χ4v) is 2.91. The monoisotopic (exact) mass is 301 g/mol. The van der Waals surface area contributed by atoms with Gasteiger partial charge in [0.2, 0.25) is 5.88 Å². The molecular formula is C17H20FN3O. The second-order valence-electron chi connectivity index (χ2n) is 5.46. The van der Waals surface area contributed by atoms with Crippen LogP contribution in [-0.2, 0) is 0 Å². The van der Waals surface area contributed by atoms with E-state index in [9.17, 15) is 4.39 Å². The summed E-state index contributed by atoms with van der Waals surface area (Å²) in [5.41, 5.74) is 1.22. The van der Waals surface area contributed by atoms with Crippen LogP contribution in [0.2, 0.25) is 0 Å². The standard InChI is InChI=1S/C17H20FN3O/c1-2-22-17-11-16(19-12-20-17)21-9-7-14(8-10-21)13-3-5-15(18)6-4-13/h3-6,11-12,14H,2,7-10H2,1H3. The highest BCUT2D eigenvalue weighted by atomic mass is 19.1. The van der Waals surface area contributed by atoms with Gasteiger partial charge in [-0.2, -0.15) is 0 Å². The van der Waals surface area contributed by atoms with Crippen molar-refractivity contribution in [3.05, 3.63) is 48.0 Å². The summed E-state index contributed by atoms with van der Waals surface area (Å²) < 4.78 is 18.4. The Balaban J connectivity index is 1.64. The highest BCUT2D eigenvalue weighted by Crippen LogP contribution is 2.30. The Morgan fingerprint density at radius 3 is 2.59 bits per heavy atom. The van der Waals surface area contributed by atoms with Crippen molar-refractivity contribution >= 4 is 5.82 Å². The second-order valence-corrected chi connectivity index (χ2v) is 5.46. The van der Waals surface area contributed by atoms with Gasteiger partial charge < -0.3 is 9.64 Å². The van der Waals surface area contributed by atoms with Gasteiger partial charge in [0.05, 0.1) is 6.61 Å². The molecule has 1 aliphatic heterocycles. The molecular weight excluding hydrogens is 281 g/mol. The molecule has 2 aromatic rings. The van der Waals surface area contributed by atoms with Crippen LogP contribution in [0.15, 0.2) is 36.7 Å². The third kappa shape index (κ3) is 3.35. The summed E-state index contributed by atoms with van der Waals surface area (Å²) in [6.45, 7) is 4.41. The van der Waals surface area contributed by atoms with Gasteiger partial charge in [0.15, 0.2) is 0 Å². The lowest BCUT2D eigenvalue weighted by molar-refractivity contribution is 0.326. The largest absolute Gasteiger partial charge is 0.478 e. The molecule has 4 nitrogen and oxygen atoms in total. The molecule has 0 saturated carbocycles. The summed E-state index contributed by atoms with van der Waals surface area (Å²) >= 11 is 0. The van der Waals surface area contributed by atoms with Crippen LogP contribution >= 0.6 is 0 Å². The average Bonchev–Trinajstić information content (AvgIpc) is 2.56. The Morgan fingerprint density at radius 2 is 1.91 bits per heavy atom. The van der Waals surface area contributed by atoms with Crippen molar-refractivity contribution in [2.24, 2.45) is 0 Å². The van der Waals surface area contributed by atoms with Crippen LogP contribution in [0.3, 0.4) is 0 Å². The lowest BCUT2D eigenvalue weighted by atomic mass is 9.89. The molecule has 1 aliphatic rings. The summed E-state index contributed by atoms with van der Waals surface area (Å²) in [6.07, 6.45) is 3.63. The number of anilines is 1. The van der Waals surface area contributed by atoms with Crippen molar-refractivity contribution in [3.8, 4) is 5.88 Å². The van der Waals surface area contributed by atoms with Gasteiger partial charge in [-0.1, -0.05) is 12.1 Å². The van der Waals surface area contributed by atoms with Crippen LogP contribution in [0.1, 0.15) is 31.2 Å². The highest BCUT2D eigenvalue weighted by Gasteiger charge is 2.21. The van der Waals surface area contributed by atoms with Crippen molar-refractivity contribution in [3.63, 3.8) is 0 Å². The molecule has 0 aliphatic carbocycles. The minimum Gasteiger partial charge on any atom is -0.478 e. The molecule has 1 fully saturated rings. The molecule has 2 heterocycles. The van der Waals surface area contributed by atoms with E-state index in [4.69, 9.17) is 4.74 Å². The zero-order valence-corrected chi connectivity index (χ0v) is 12.7. The molecule has 0 bridgehead atoms. The molecule has 1 aromatic carbocycles. The summed E-state index contributed by atoms with van der Waals surface area (Å²) in [5.74, 6) is 1.85. The third-order valence-corrected chi connectivity index (χ3v) is 4.08. The number of aromatic nitrogens is 2. The Kier molecular flexibility index (Phi) is 4.51. The van der Waals surface area contributed by atoms with Crippen LogP contribution in [-0.4, -0.2) is 29.7 Å². The number of nitrogens with zero attached hydrogens (tertiary/aromatic N) is 3. The molecule has 116 valence electrons. The molecule has 0 spiro atoms. The molecule has 3 rings (SSSR count). The van der Waals surface area contributed by atoms with Gasteiger partial charge in [0.25, 0.3) is 0 Å². The third-order valence-electron chi connectivity index (χ3n) is 4.08. The lowest BCUT2D eigenvalue weighted by Gasteiger charge is -2.33. The molecule has 1 saturated heterocycles. The maximum Gasteiger partial charge on any atom is 0.218 e. The molecule has 0 amide bonds. The van der Waals surface area contributed by atoms with Crippen LogP contribution < -0.4 is 9.64 Å². The normalized spacial score (nSPS) is 15.8. The van der Waals surface area contributed by atoms with E-state index in [2.05, 4.69) is 14.9 Å². The van der Waals surface area contributed by atoms with Crippen LogP contribution in [0.25, 0.3) is 0 Å². The molecule has 0 radical (unpaired) electrons. The molecule has 5 heteroatoms. The maximum atomic E-state index is 13.0. The summed E-state index contributed by atoms with van der Waals surface area (Å²) in [6, 6.07) is 8.77. The molecule has 22 heavy (non-hydrogen) atoms. The second kappa shape index (κ2) is 6.73. The van der Waals surface area contributed by atoms with E-state index in [-0.39, 0.29) is 5.82 Å². The molecule has 1 aromatic heterocycles. The fraction of sp³-hybridized carbons (Fsp3) is 0.412. The van der Waals surface area contributed by atoms with Crippen molar-refractivity contribution in [1.82, 2.24) is 9.97 Å². The minimum absolute atomic E-state index is 0.175. The van der Waals surface area contributed by atoms with E-state index in [1.165, 1.54) is 5.56 Å². The number of hydrogen-bond acceptors (Lipinski definition) is 4. The van der Waals surface area contributed by atoms with E-state index in [0.717, 1.165) is 31.7 Å². The van der Waals surface area contributed by atoms with Gasteiger partial charge in [-0.3, -0.25) is 0 Å². The van der Waals surface area contributed by atoms with Crippen molar-refractivity contribution in [2.75, 3.05) is 24.6 Å².